The van der Waals surface area contributed by atoms with Crippen molar-refractivity contribution in [3.8, 4) is 11.5 Å². The molecule has 0 unspecified atom stereocenters. The molecular weight excluding hydrogens is 364 g/mol. The Morgan fingerprint density at radius 1 is 1.26 bits per heavy atom. The van der Waals surface area contributed by atoms with Crippen LogP contribution in [0.25, 0.3) is 0 Å². The summed E-state index contributed by atoms with van der Waals surface area (Å²) in [7, 11) is 3.17. The number of carbonyl (C=O) groups is 2. The number of benzene rings is 1. The van der Waals surface area contributed by atoms with Crippen molar-refractivity contribution >= 4 is 23.2 Å². The van der Waals surface area contributed by atoms with E-state index in [9.17, 15) is 9.59 Å². The molecule has 0 saturated carbocycles. The number of carbonyl (C=O) groups excluding carboxylic acids is 2. The van der Waals surface area contributed by atoms with Crippen molar-refractivity contribution in [2.24, 2.45) is 0 Å². The number of fused-ring (bicyclic) bond motifs is 1. The topological polar surface area (TPSA) is 67.9 Å². The van der Waals surface area contributed by atoms with Crippen molar-refractivity contribution in [1.29, 1.82) is 0 Å². The molecule has 1 N–H and O–H groups in total. The van der Waals surface area contributed by atoms with Gasteiger partial charge in [0.05, 0.1) is 19.1 Å². The molecule has 1 aliphatic heterocycles. The number of methoxy groups -OCH3 is 2. The third-order valence-electron chi connectivity index (χ3n) is 4.67. The minimum atomic E-state index is -0.118. The Bertz CT molecular complexity index is 847. The SMILES string of the molecule is CCC(=O)N1CCc2sc(C(=O)NCc3cccc(OC)c3OC)cc2C1. The Morgan fingerprint density at radius 3 is 2.78 bits per heavy atom. The molecule has 0 radical (unpaired) electrons. The Labute approximate surface area is 163 Å². The van der Waals surface area contributed by atoms with E-state index in [-0.39, 0.29) is 11.8 Å². The number of nitrogens with one attached hydrogen (secondary N) is 1. The van der Waals surface area contributed by atoms with Crippen LogP contribution in [0.3, 0.4) is 0 Å². The minimum absolute atomic E-state index is 0.118. The average Bonchev–Trinajstić information content (AvgIpc) is 3.14. The van der Waals surface area contributed by atoms with Gasteiger partial charge in [0, 0.05) is 36.5 Å². The summed E-state index contributed by atoms with van der Waals surface area (Å²) >= 11 is 1.51. The van der Waals surface area contributed by atoms with Crippen molar-refractivity contribution in [2.45, 2.75) is 32.9 Å². The number of thiophene rings is 1. The molecule has 2 heterocycles. The van der Waals surface area contributed by atoms with Crippen LogP contribution >= 0.6 is 11.3 Å². The van der Waals surface area contributed by atoms with E-state index in [0.717, 1.165) is 24.1 Å². The van der Waals surface area contributed by atoms with Crippen LogP contribution in [0.4, 0.5) is 0 Å². The molecule has 1 aromatic carbocycles. The molecule has 0 spiro atoms. The fraction of sp³-hybridized carbons (Fsp3) is 0.400. The maximum atomic E-state index is 12.6. The van der Waals surface area contributed by atoms with E-state index >= 15 is 0 Å². The lowest BCUT2D eigenvalue weighted by Gasteiger charge is -2.26. The average molecular weight is 388 g/mol. The molecule has 0 atom stereocenters. The molecule has 27 heavy (non-hydrogen) atoms. The van der Waals surface area contributed by atoms with Gasteiger partial charge in [-0.15, -0.1) is 11.3 Å². The Morgan fingerprint density at radius 2 is 2.07 bits per heavy atom. The summed E-state index contributed by atoms with van der Waals surface area (Å²) in [6.07, 6.45) is 1.32. The highest BCUT2D eigenvalue weighted by molar-refractivity contribution is 7.14. The van der Waals surface area contributed by atoms with Gasteiger partial charge in [-0.25, -0.2) is 0 Å². The van der Waals surface area contributed by atoms with Crippen molar-refractivity contribution < 1.29 is 19.1 Å². The first kappa shape index (κ1) is 19.2. The van der Waals surface area contributed by atoms with Gasteiger partial charge in [-0.2, -0.15) is 0 Å². The van der Waals surface area contributed by atoms with Crippen LogP contribution in [0.2, 0.25) is 0 Å². The van der Waals surface area contributed by atoms with Gasteiger partial charge in [0.1, 0.15) is 0 Å². The molecule has 0 bridgehead atoms. The van der Waals surface area contributed by atoms with Crippen LogP contribution < -0.4 is 14.8 Å². The maximum Gasteiger partial charge on any atom is 0.261 e. The molecule has 2 amide bonds. The fourth-order valence-corrected chi connectivity index (χ4v) is 4.32. The zero-order valence-corrected chi connectivity index (χ0v) is 16.6. The van der Waals surface area contributed by atoms with Crippen LogP contribution in [0, 0.1) is 0 Å². The normalized spacial score (nSPS) is 13.1. The van der Waals surface area contributed by atoms with Crippen LogP contribution in [-0.4, -0.2) is 37.5 Å². The zero-order chi connectivity index (χ0) is 19.4. The summed E-state index contributed by atoms with van der Waals surface area (Å²) < 4.78 is 10.7. The lowest BCUT2D eigenvalue weighted by molar-refractivity contribution is -0.131. The zero-order valence-electron chi connectivity index (χ0n) is 15.8. The highest BCUT2D eigenvalue weighted by atomic mass is 32.1. The maximum absolute atomic E-state index is 12.6. The minimum Gasteiger partial charge on any atom is -0.493 e. The molecule has 3 rings (SSSR count). The van der Waals surface area contributed by atoms with E-state index in [1.165, 1.54) is 16.2 Å². The van der Waals surface area contributed by atoms with Crippen molar-refractivity contribution in [2.75, 3.05) is 20.8 Å². The van der Waals surface area contributed by atoms with Crippen LogP contribution in [0.1, 0.15) is 39.0 Å². The quantitative estimate of drug-likeness (QED) is 0.826. The van der Waals surface area contributed by atoms with Gasteiger partial charge in [-0.05, 0) is 24.1 Å². The smallest absolute Gasteiger partial charge is 0.261 e. The second-order valence-corrected chi connectivity index (χ2v) is 7.45. The molecule has 1 aliphatic rings. The predicted octanol–water partition coefficient (Wildman–Crippen LogP) is 2.99. The number of amides is 2. The van der Waals surface area contributed by atoms with Gasteiger partial charge >= 0.3 is 0 Å². The first-order valence-electron chi connectivity index (χ1n) is 8.94. The number of hydrogen-bond donors (Lipinski definition) is 1. The second kappa shape index (κ2) is 8.43. The first-order chi connectivity index (χ1) is 13.1. The van der Waals surface area contributed by atoms with Gasteiger partial charge in [0.25, 0.3) is 5.91 Å². The number of rotatable bonds is 6. The Hall–Kier alpha value is -2.54. The highest BCUT2D eigenvalue weighted by Gasteiger charge is 2.23. The van der Waals surface area contributed by atoms with Crippen LogP contribution in [0.5, 0.6) is 11.5 Å². The number of nitrogens with zero attached hydrogens (tertiary/aromatic N) is 1. The largest absolute Gasteiger partial charge is 0.493 e. The molecule has 0 fully saturated rings. The molecule has 144 valence electrons. The monoisotopic (exact) mass is 388 g/mol. The summed E-state index contributed by atoms with van der Waals surface area (Å²) in [6, 6.07) is 7.50. The molecule has 0 saturated heterocycles. The molecule has 6 nitrogen and oxygen atoms in total. The standard InChI is InChI=1S/C20H24N2O4S/c1-4-18(23)22-9-8-16-14(12-22)10-17(27-16)20(24)21-11-13-6-5-7-15(25-2)19(13)26-3/h5-7,10H,4,8-9,11-12H2,1-3H3,(H,21,24). The van der Waals surface area contributed by atoms with Crippen molar-refractivity contribution in [3.63, 3.8) is 0 Å². The van der Waals surface area contributed by atoms with E-state index in [1.54, 1.807) is 14.2 Å². The molecule has 2 aromatic rings. The van der Waals surface area contributed by atoms with Gasteiger partial charge in [-0.3, -0.25) is 9.59 Å². The summed E-state index contributed by atoms with van der Waals surface area (Å²) in [5, 5.41) is 2.95. The first-order valence-corrected chi connectivity index (χ1v) is 9.76. The van der Waals surface area contributed by atoms with Gasteiger partial charge in [-0.1, -0.05) is 19.1 Å². The molecule has 0 aliphatic carbocycles. The number of hydrogen-bond acceptors (Lipinski definition) is 5. The third-order valence-corrected chi connectivity index (χ3v) is 5.91. The third kappa shape index (κ3) is 4.08. The summed E-state index contributed by atoms with van der Waals surface area (Å²) in [4.78, 5) is 28.3. The van der Waals surface area contributed by atoms with Crippen LogP contribution in [0.15, 0.2) is 24.3 Å². The van der Waals surface area contributed by atoms with Gasteiger partial charge < -0.3 is 19.7 Å². The summed E-state index contributed by atoms with van der Waals surface area (Å²) in [6.45, 7) is 3.54. The Kier molecular flexibility index (Phi) is 6.01. The van der Waals surface area contributed by atoms with Crippen molar-refractivity contribution in [1.82, 2.24) is 10.2 Å². The van der Waals surface area contributed by atoms with E-state index in [1.807, 2.05) is 36.1 Å². The van der Waals surface area contributed by atoms with Crippen LogP contribution in [-0.2, 0) is 24.3 Å². The molecular formula is C20H24N2O4S. The van der Waals surface area contributed by atoms with E-state index in [4.69, 9.17) is 9.47 Å². The van der Waals surface area contributed by atoms with Crippen molar-refractivity contribution in [3.05, 3.63) is 45.1 Å². The summed E-state index contributed by atoms with van der Waals surface area (Å²) in [5.41, 5.74) is 1.93. The second-order valence-electron chi connectivity index (χ2n) is 6.31. The van der Waals surface area contributed by atoms with E-state index in [2.05, 4.69) is 5.32 Å². The Balaban J connectivity index is 1.68. The number of para-hydroxylation sites is 1. The lowest BCUT2D eigenvalue weighted by Crippen LogP contribution is -2.34. The van der Waals surface area contributed by atoms with E-state index < -0.39 is 0 Å². The van der Waals surface area contributed by atoms with E-state index in [0.29, 0.717) is 35.9 Å². The fourth-order valence-electron chi connectivity index (χ4n) is 3.24. The lowest BCUT2D eigenvalue weighted by atomic mass is 10.1. The predicted molar refractivity (Wildman–Crippen MR) is 104 cm³/mol. The number of ether oxygens (including phenoxy) is 2. The summed E-state index contributed by atoms with van der Waals surface area (Å²) in [5.74, 6) is 1.30. The van der Waals surface area contributed by atoms with Gasteiger partial charge in [0.2, 0.25) is 5.91 Å². The molecule has 1 aromatic heterocycles. The molecule has 7 heteroatoms. The highest BCUT2D eigenvalue weighted by Crippen LogP contribution is 2.31. The van der Waals surface area contributed by atoms with Gasteiger partial charge in [0.15, 0.2) is 11.5 Å².